The summed E-state index contributed by atoms with van der Waals surface area (Å²) in [5.41, 5.74) is 1.93. The SMILES string of the molecule is Clc1cnc(Cn2ccnc2-c2ccccc2)cn1. The molecule has 1 aromatic carbocycles. The number of aromatic nitrogens is 4. The summed E-state index contributed by atoms with van der Waals surface area (Å²) in [6.07, 6.45) is 6.94. The fourth-order valence-corrected chi connectivity index (χ4v) is 1.98. The minimum atomic E-state index is 0.401. The maximum atomic E-state index is 5.73. The molecule has 0 N–H and O–H groups in total. The molecular weight excluding hydrogens is 260 g/mol. The number of hydrogen-bond acceptors (Lipinski definition) is 3. The lowest BCUT2D eigenvalue weighted by Gasteiger charge is -2.07. The molecule has 0 amide bonds. The van der Waals surface area contributed by atoms with Gasteiger partial charge in [-0.05, 0) is 0 Å². The van der Waals surface area contributed by atoms with Crippen LogP contribution in [0.25, 0.3) is 11.4 Å². The first kappa shape index (κ1) is 11.9. The van der Waals surface area contributed by atoms with Crippen molar-refractivity contribution in [3.8, 4) is 11.4 Å². The molecule has 5 heteroatoms. The summed E-state index contributed by atoms with van der Waals surface area (Å²) >= 11 is 5.73. The van der Waals surface area contributed by atoms with Crippen LogP contribution in [0.3, 0.4) is 0 Å². The molecule has 0 bridgehead atoms. The van der Waals surface area contributed by atoms with Crippen LogP contribution in [0.4, 0.5) is 0 Å². The van der Waals surface area contributed by atoms with Gasteiger partial charge in [-0.25, -0.2) is 9.97 Å². The van der Waals surface area contributed by atoms with E-state index in [0.29, 0.717) is 11.7 Å². The van der Waals surface area contributed by atoms with Crippen LogP contribution in [0.5, 0.6) is 0 Å². The number of halogens is 1. The lowest BCUT2D eigenvalue weighted by Crippen LogP contribution is -2.03. The lowest BCUT2D eigenvalue weighted by molar-refractivity contribution is 0.775. The molecule has 0 aliphatic rings. The summed E-state index contributed by atoms with van der Waals surface area (Å²) < 4.78 is 2.03. The van der Waals surface area contributed by atoms with Crippen molar-refractivity contribution < 1.29 is 0 Å². The first-order chi connectivity index (χ1) is 9.33. The van der Waals surface area contributed by atoms with E-state index in [9.17, 15) is 0 Å². The summed E-state index contributed by atoms with van der Waals surface area (Å²) in [6, 6.07) is 10.0. The average Bonchev–Trinajstić information content (AvgIpc) is 2.90. The van der Waals surface area contributed by atoms with E-state index in [1.807, 2.05) is 41.1 Å². The number of benzene rings is 1. The zero-order valence-corrected chi connectivity index (χ0v) is 10.8. The minimum absolute atomic E-state index is 0.401. The second-order valence-electron chi connectivity index (χ2n) is 4.08. The third kappa shape index (κ3) is 2.63. The van der Waals surface area contributed by atoms with Crippen LogP contribution in [0.2, 0.25) is 5.15 Å². The molecule has 94 valence electrons. The summed E-state index contributed by atoms with van der Waals surface area (Å²) in [4.78, 5) is 12.7. The van der Waals surface area contributed by atoms with Gasteiger partial charge in [-0.1, -0.05) is 41.9 Å². The van der Waals surface area contributed by atoms with Crippen molar-refractivity contribution in [3.63, 3.8) is 0 Å². The Labute approximate surface area is 115 Å². The van der Waals surface area contributed by atoms with Crippen LogP contribution in [0, 0.1) is 0 Å². The Balaban J connectivity index is 1.91. The summed E-state index contributed by atoms with van der Waals surface area (Å²) in [7, 11) is 0. The van der Waals surface area contributed by atoms with Crippen molar-refractivity contribution in [1.82, 2.24) is 19.5 Å². The number of imidazole rings is 1. The van der Waals surface area contributed by atoms with E-state index in [2.05, 4.69) is 15.0 Å². The molecule has 0 atom stereocenters. The molecule has 0 aliphatic carbocycles. The van der Waals surface area contributed by atoms with Gasteiger partial charge in [0, 0.05) is 18.0 Å². The molecule has 0 unspecified atom stereocenters. The summed E-state index contributed by atoms with van der Waals surface area (Å²) in [6.45, 7) is 0.619. The van der Waals surface area contributed by atoms with Crippen molar-refractivity contribution in [2.75, 3.05) is 0 Å². The molecule has 2 heterocycles. The molecule has 0 saturated heterocycles. The van der Waals surface area contributed by atoms with Gasteiger partial charge in [0.1, 0.15) is 11.0 Å². The molecule has 0 aliphatic heterocycles. The van der Waals surface area contributed by atoms with E-state index in [-0.39, 0.29) is 0 Å². The minimum Gasteiger partial charge on any atom is -0.325 e. The van der Waals surface area contributed by atoms with Gasteiger partial charge >= 0.3 is 0 Å². The molecule has 3 rings (SSSR count). The molecule has 2 aromatic heterocycles. The van der Waals surface area contributed by atoms with E-state index in [1.54, 1.807) is 18.6 Å². The first-order valence-corrected chi connectivity index (χ1v) is 6.24. The fraction of sp³-hybridized carbons (Fsp3) is 0.0714. The normalized spacial score (nSPS) is 10.6. The van der Waals surface area contributed by atoms with Gasteiger partial charge in [0.2, 0.25) is 0 Å². The first-order valence-electron chi connectivity index (χ1n) is 5.86. The monoisotopic (exact) mass is 270 g/mol. The Morgan fingerprint density at radius 2 is 1.84 bits per heavy atom. The van der Waals surface area contributed by atoms with E-state index >= 15 is 0 Å². The van der Waals surface area contributed by atoms with Gasteiger partial charge in [-0.3, -0.25) is 4.98 Å². The van der Waals surface area contributed by atoms with Gasteiger partial charge in [-0.15, -0.1) is 0 Å². The van der Waals surface area contributed by atoms with Gasteiger partial charge < -0.3 is 4.57 Å². The molecule has 19 heavy (non-hydrogen) atoms. The summed E-state index contributed by atoms with van der Waals surface area (Å²) in [5.74, 6) is 0.914. The smallest absolute Gasteiger partial charge is 0.147 e. The molecule has 3 aromatic rings. The van der Waals surface area contributed by atoms with Crippen LogP contribution in [-0.4, -0.2) is 19.5 Å². The predicted molar refractivity (Wildman–Crippen MR) is 73.8 cm³/mol. The molecule has 0 radical (unpaired) electrons. The Morgan fingerprint density at radius 1 is 1.00 bits per heavy atom. The van der Waals surface area contributed by atoms with Gasteiger partial charge in [0.25, 0.3) is 0 Å². The Kier molecular flexibility index (Phi) is 3.25. The van der Waals surface area contributed by atoms with Crippen LogP contribution in [0.1, 0.15) is 5.69 Å². The average molecular weight is 271 g/mol. The van der Waals surface area contributed by atoms with E-state index in [1.165, 1.54) is 0 Å². The number of hydrogen-bond donors (Lipinski definition) is 0. The van der Waals surface area contributed by atoms with E-state index < -0.39 is 0 Å². The molecule has 0 fully saturated rings. The standard InChI is InChI=1S/C14H11ClN4/c15-13-9-17-12(8-18-13)10-19-7-6-16-14(19)11-4-2-1-3-5-11/h1-9H,10H2. The fourth-order valence-electron chi connectivity index (χ4n) is 1.88. The summed E-state index contributed by atoms with van der Waals surface area (Å²) in [5, 5.41) is 0.401. The maximum Gasteiger partial charge on any atom is 0.147 e. The lowest BCUT2D eigenvalue weighted by atomic mass is 10.2. The van der Waals surface area contributed by atoms with Crippen LogP contribution >= 0.6 is 11.6 Å². The molecular formula is C14H11ClN4. The Morgan fingerprint density at radius 3 is 2.58 bits per heavy atom. The predicted octanol–water partition coefficient (Wildman–Crippen LogP) is 3.04. The quantitative estimate of drug-likeness (QED) is 0.735. The topological polar surface area (TPSA) is 43.6 Å². The Hall–Kier alpha value is -2.20. The third-order valence-corrected chi connectivity index (χ3v) is 2.95. The van der Waals surface area contributed by atoms with E-state index in [4.69, 9.17) is 11.6 Å². The number of rotatable bonds is 3. The van der Waals surface area contributed by atoms with Gasteiger partial charge in [0.15, 0.2) is 0 Å². The maximum absolute atomic E-state index is 5.73. The van der Waals surface area contributed by atoms with Crippen molar-refractivity contribution in [2.45, 2.75) is 6.54 Å². The number of nitrogens with zero attached hydrogens (tertiary/aromatic N) is 4. The van der Waals surface area contributed by atoms with Gasteiger partial charge in [0.05, 0.1) is 24.6 Å². The zero-order chi connectivity index (χ0) is 13.1. The van der Waals surface area contributed by atoms with Crippen LogP contribution in [0.15, 0.2) is 55.1 Å². The van der Waals surface area contributed by atoms with Crippen molar-refractivity contribution in [3.05, 3.63) is 66.0 Å². The van der Waals surface area contributed by atoms with E-state index in [0.717, 1.165) is 17.1 Å². The van der Waals surface area contributed by atoms with Crippen molar-refractivity contribution >= 4 is 11.6 Å². The zero-order valence-electron chi connectivity index (χ0n) is 10.1. The van der Waals surface area contributed by atoms with Gasteiger partial charge in [-0.2, -0.15) is 0 Å². The second-order valence-corrected chi connectivity index (χ2v) is 4.46. The third-order valence-electron chi connectivity index (χ3n) is 2.75. The molecule has 0 saturated carbocycles. The van der Waals surface area contributed by atoms with Crippen molar-refractivity contribution in [2.24, 2.45) is 0 Å². The van der Waals surface area contributed by atoms with Crippen LogP contribution in [-0.2, 0) is 6.54 Å². The Bertz CT molecular complexity index is 661. The molecule has 0 spiro atoms. The molecule has 4 nitrogen and oxygen atoms in total. The van der Waals surface area contributed by atoms with Crippen LogP contribution < -0.4 is 0 Å². The second kappa shape index (κ2) is 5.20. The highest BCUT2D eigenvalue weighted by Gasteiger charge is 2.06. The highest BCUT2D eigenvalue weighted by atomic mass is 35.5. The highest BCUT2D eigenvalue weighted by Crippen LogP contribution is 2.17. The largest absolute Gasteiger partial charge is 0.325 e. The highest BCUT2D eigenvalue weighted by molar-refractivity contribution is 6.29. The van der Waals surface area contributed by atoms with Crippen molar-refractivity contribution in [1.29, 1.82) is 0 Å².